The number of nitrogens with zero attached hydrogens (tertiary/aromatic N) is 1. The number of benzene rings is 1. The summed E-state index contributed by atoms with van der Waals surface area (Å²) in [5, 5.41) is 2.87. The molecule has 0 aliphatic carbocycles. The van der Waals surface area contributed by atoms with Gasteiger partial charge in [0.05, 0.1) is 12.9 Å². The van der Waals surface area contributed by atoms with Crippen LogP contribution < -0.4 is 10.1 Å². The van der Waals surface area contributed by atoms with Crippen LogP contribution in [0.15, 0.2) is 53.7 Å². The number of hydrogen-bond donors (Lipinski definition) is 1. The van der Waals surface area contributed by atoms with Gasteiger partial charge in [0.25, 0.3) is 0 Å². The molecule has 0 saturated heterocycles. The maximum atomic E-state index is 11.7. The molecule has 0 atom stereocenters. The van der Waals surface area contributed by atoms with Crippen molar-refractivity contribution in [1.29, 1.82) is 0 Å². The molecule has 0 saturated carbocycles. The topological polar surface area (TPSA) is 51.2 Å². The molecule has 0 aliphatic heterocycles. The van der Waals surface area contributed by atoms with Crippen LogP contribution >= 0.6 is 11.8 Å². The highest BCUT2D eigenvalue weighted by Crippen LogP contribution is 2.20. The first-order valence-electron chi connectivity index (χ1n) is 6.20. The number of carbonyl (C=O) groups excluding carboxylic acids is 1. The molecule has 0 unspecified atom stereocenters. The molecule has 2 rings (SSSR count). The number of thioether (sulfide) groups is 1. The number of aromatic nitrogens is 1. The van der Waals surface area contributed by atoms with Crippen molar-refractivity contribution in [2.75, 3.05) is 12.9 Å². The third kappa shape index (κ3) is 4.59. The van der Waals surface area contributed by atoms with E-state index in [1.807, 2.05) is 36.4 Å². The van der Waals surface area contributed by atoms with Crippen LogP contribution in [-0.2, 0) is 11.3 Å². The number of carbonyl (C=O) groups is 1. The van der Waals surface area contributed by atoms with Crippen LogP contribution in [0.25, 0.3) is 0 Å². The van der Waals surface area contributed by atoms with Crippen molar-refractivity contribution in [1.82, 2.24) is 10.3 Å². The minimum atomic E-state index is 0.00895. The van der Waals surface area contributed by atoms with Crippen LogP contribution in [0.3, 0.4) is 0 Å². The van der Waals surface area contributed by atoms with Crippen LogP contribution in [0, 0.1) is 0 Å². The second-order valence-electron chi connectivity index (χ2n) is 4.10. The van der Waals surface area contributed by atoms with Crippen LogP contribution in [0.1, 0.15) is 5.56 Å². The van der Waals surface area contributed by atoms with Crippen molar-refractivity contribution in [3.8, 4) is 5.75 Å². The van der Waals surface area contributed by atoms with Crippen LogP contribution in [0.4, 0.5) is 0 Å². The van der Waals surface area contributed by atoms with E-state index in [-0.39, 0.29) is 5.91 Å². The van der Waals surface area contributed by atoms with Gasteiger partial charge in [-0.3, -0.25) is 9.78 Å². The van der Waals surface area contributed by atoms with Crippen molar-refractivity contribution < 1.29 is 9.53 Å². The second-order valence-corrected chi connectivity index (χ2v) is 5.15. The minimum Gasteiger partial charge on any atom is -0.497 e. The number of hydrogen-bond acceptors (Lipinski definition) is 4. The molecule has 104 valence electrons. The predicted molar refractivity (Wildman–Crippen MR) is 79.8 cm³/mol. The lowest BCUT2D eigenvalue weighted by molar-refractivity contribution is -0.118. The lowest BCUT2D eigenvalue weighted by Gasteiger charge is -2.05. The number of methoxy groups -OCH3 is 1. The van der Waals surface area contributed by atoms with E-state index in [9.17, 15) is 4.79 Å². The zero-order chi connectivity index (χ0) is 14.2. The van der Waals surface area contributed by atoms with E-state index in [1.165, 1.54) is 11.8 Å². The molecule has 0 fully saturated rings. The van der Waals surface area contributed by atoms with Crippen molar-refractivity contribution in [3.63, 3.8) is 0 Å². The highest BCUT2D eigenvalue weighted by Gasteiger charge is 2.03. The van der Waals surface area contributed by atoms with Crippen LogP contribution in [-0.4, -0.2) is 23.8 Å². The Morgan fingerprint density at radius 1 is 1.30 bits per heavy atom. The molecule has 4 nitrogen and oxygen atoms in total. The van der Waals surface area contributed by atoms with Gasteiger partial charge in [-0.25, -0.2) is 0 Å². The summed E-state index contributed by atoms with van der Waals surface area (Å²) in [4.78, 5) is 16.8. The normalized spacial score (nSPS) is 10.1. The molecule has 1 aromatic carbocycles. The Bertz CT molecular complexity index is 544. The van der Waals surface area contributed by atoms with Gasteiger partial charge in [0.2, 0.25) is 5.91 Å². The Kier molecular flexibility index (Phi) is 5.43. The highest BCUT2D eigenvalue weighted by molar-refractivity contribution is 8.00. The van der Waals surface area contributed by atoms with E-state index in [0.717, 1.165) is 16.2 Å². The summed E-state index contributed by atoms with van der Waals surface area (Å²) in [7, 11) is 1.63. The second kappa shape index (κ2) is 7.55. The van der Waals surface area contributed by atoms with E-state index in [0.29, 0.717) is 12.3 Å². The monoisotopic (exact) mass is 288 g/mol. The number of amides is 1. The maximum absolute atomic E-state index is 11.7. The summed E-state index contributed by atoms with van der Waals surface area (Å²) in [6.07, 6.45) is 3.46. The molecule has 0 radical (unpaired) electrons. The number of rotatable bonds is 6. The average molecular weight is 288 g/mol. The first kappa shape index (κ1) is 14.4. The van der Waals surface area contributed by atoms with E-state index in [2.05, 4.69) is 10.3 Å². The molecule has 5 heteroatoms. The van der Waals surface area contributed by atoms with Gasteiger partial charge in [0.1, 0.15) is 5.75 Å². The molecule has 2 aromatic rings. The largest absolute Gasteiger partial charge is 0.497 e. The van der Waals surface area contributed by atoms with Crippen molar-refractivity contribution in [3.05, 3.63) is 54.4 Å². The van der Waals surface area contributed by atoms with Gasteiger partial charge in [-0.15, -0.1) is 11.8 Å². The van der Waals surface area contributed by atoms with Gasteiger partial charge in [0.15, 0.2) is 0 Å². The lowest BCUT2D eigenvalue weighted by atomic mass is 10.3. The van der Waals surface area contributed by atoms with Gasteiger partial charge >= 0.3 is 0 Å². The fourth-order valence-electron chi connectivity index (χ4n) is 1.58. The highest BCUT2D eigenvalue weighted by atomic mass is 32.2. The molecule has 1 aromatic heterocycles. The van der Waals surface area contributed by atoms with Gasteiger partial charge in [-0.05, 0) is 35.9 Å². The van der Waals surface area contributed by atoms with E-state index in [4.69, 9.17) is 4.74 Å². The van der Waals surface area contributed by atoms with E-state index in [1.54, 1.807) is 19.5 Å². The smallest absolute Gasteiger partial charge is 0.230 e. The SMILES string of the molecule is COc1ccc(SCC(=O)NCc2cccnc2)cc1. The Hall–Kier alpha value is -2.01. The van der Waals surface area contributed by atoms with E-state index < -0.39 is 0 Å². The molecule has 0 aliphatic rings. The molecular weight excluding hydrogens is 272 g/mol. The number of nitrogens with one attached hydrogen (secondary N) is 1. The third-order valence-corrected chi connectivity index (χ3v) is 3.65. The Labute approximate surface area is 122 Å². The summed E-state index contributed by atoms with van der Waals surface area (Å²) in [6, 6.07) is 11.4. The number of ether oxygens (including phenoxy) is 1. The summed E-state index contributed by atoms with van der Waals surface area (Å²) in [5.74, 6) is 1.22. The lowest BCUT2D eigenvalue weighted by Crippen LogP contribution is -2.24. The molecule has 20 heavy (non-hydrogen) atoms. The summed E-state index contributed by atoms with van der Waals surface area (Å²) in [6.45, 7) is 0.510. The summed E-state index contributed by atoms with van der Waals surface area (Å²) in [5.41, 5.74) is 0.996. The zero-order valence-electron chi connectivity index (χ0n) is 11.2. The first-order valence-corrected chi connectivity index (χ1v) is 7.19. The fraction of sp³-hybridized carbons (Fsp3) is 0.200. The molecule has 1 amide bonds. The van der Waals surface area contributed by atoms with Crippen molar-refractivity contribution in [2.45, 2.75) is 11.4 Å². The zero-order valence-corrected chi connectivity index (χ0v) is 12.0. The van der Waals surface area contributed by atoms with Gasteiger partial charge in [0, 0.05) is 23.8 Å². The van der Waals surface area contributed by atoms with Crippen molar-refractivity contribution >= 4 is 17.7 Å². The third-order valence-electron chi connectivity index (χ3n) is 2.64. The molecular formula is C15H16N2O2S. The van der Waals surface area contributed by atoms with Gasteiger partial charge in [-0.2, -0.15) is 0 Å². The standard InChI is InChI=1S/C15H16N2O2S/c1-19-13-4-6-14(7-5-13)20-11-15(18)17-10-12-3-2-8-16-9-12/h2-9H,10-11H2,1H3,(H,17,18). The van der Waals surface area contributed by atoms with Crippen molar-refractivity contribution in [2.24, 2.45) is 0 Å². The van der Waals surface area contributed by atoms with Crippen LogP contribution in [0.5, 0.6) is 5.75 Å². The molecule has 0 spiro atoms. The molecule has 1 N–H and O–H groups in total. The van der Waals surface area contributed by atoms with Crippen LogP contribution in [0.2, 0.25) is 0 Å². The Morgan fingerprint density at radius 2 is 2.10 bits per heavy atom. The van der Waals surface area contributed by atoms with Gasteiger partial charge < -0.3 is 10.1 Å². The first-order chi connectivity index (χ1) is 9.78. The maximum Gasteiger partial charge on any atom is 0.230 e. The summed E-state index contributed by atoms with van der Waals surface area (Å²) < 4.78 is 5.09. The Morgan fingerprint density at radius 3 is 2.75 bits per heavy atom. The molecule has 1 heterocycles. The minimum absolute atomic E-state index is 0.00895. The quantitative estimate of drug-likeness (QED) is 0.830. The fourth-order valence-corrected chi connectivity index (χ4v) is 2.30. The van der Waals surface area contributed by atoms with E-state index >= 15 is 0 Å². The molecule has 0 bridgehead atoms. The van der Waals surface area contributed by atoms with Gasteiger partial charge in [-0.1, -0.05) is 6.07 Å². The summed E-state index contributed by atoms with van der Waals surface area (Å²) >= 11 is 1.50. The average Bonchev–Trinajstić information content (AvgIpc) is 2.52. The number of pyridine rings is 1. The predicted octanol–water partition coefficient (Wildman–Crippen LogP) is 2.50. The Balaban J connectivity index is 1.74.